The molecule has 1 saturated carbocycles. The smallest absolute Gasteiger partial charge is 0.320 e. The Balaban J connectivity index is 2.56. The number of aliphatic carboxylic acids is 1. The van der Waals surface area contributed by atoms with E-state index in [0.717, 1.165) is 0 Å². The molecule has 2 rings (SSSR count). The minimum absolute atomic E-state index is 0.148. The highest BCUT2D eigenvalue weighted by Crippen LogP contribution is 2.62. The van der Waals surface area contributed by atoms with Crippen molar-refractivity contribution in [2.24, 2.45) is 0 Å². The normalized spacial score (nSPS) is 26.5. The van der Waals surface area contributed by atoms with Gasteiger partial charge in [-0.05, 0) is 30.2 Å². The third kappa shape index (κ3) is 1.33. The van der Waals surface area contributed by atoms with Gasteiger partial charge in [-0.25, -0.2) is 8.78 Å². The third-order valence-corrected chi connectivity index (χ3v) is 3.24. The molecule has 1 aliphatic rings. The zero-order valence-corrected chi connectivity index (χ0v) is 9.18. The lowest BCUT2D eigenvalue weighted by Crippen LogP contribution is -2.27. The van der Waals surface area contributed by atoms with Gasteiger partial charge in [-0.3, -0.25) is 4.79 Å². The van der Waals surface area contributed by atoms with E-state index in [4.69, 9.17) is 16.7 Å². The lowest BCUT2D eigenvalue weighted by molar-refractivity contribution is -0.143. The van der Waals surface area contributed by atoms with Crippen molar-refractivity contribution in [1.82, 2.24) is 0 Å². The molecule has 86 valence electrons. The molecule has 1 fully saturated rings. The average Bonchev–Trinajstić information content (AvgIpc) is 2.70. The van der Waals surface area contributed by atoms with Crippen LogP contribution in [0.2, 0.25) is 5.02 Å². The van der Waals surface area contributed by atoms with Crippen molar-refractivity contribution in [2.45, 2.75) is 24.7 Å². The zero-order valence-electron chi connectivity index (χ0n) is 8.43. The third-order valence-electron chi connectivity index (χ3n) is 3.00. The van der Waals surface area contributed by atoms with E-state index in [1.54, 1.807) is 6.92 Å². The highest BCUT2D eigenvalue weighted by Gasteiger charge is 2.77. The number of halogens is 3. The Morgan fingerprint density at radius 1 is 1.50 bits per heavy atom. The molecule has 0 saturated heterocycles. The van der Waals surface area contributed by atoms with Gasteiger partial charge in [0.05, 0.1) is 0 Å². The number of carbonyl (C=O) groups is 1. The fourth-order valence-corrected chi connectivity index (χ4v) is 2.26. The highest BCUT2D eigenvalue weighted by molar-refractivity contribution is 6.30. The van der Waals surface area contributed by atoms with Gasteiger partial charge >= 0.3 is 5.97 Å². The second kappa shape index (κ2) is 3.17. The van der Waals surface area contributed by atoms with Crippen molar-refractivity contribution in [2.75, 3.05) is 0 Å². The maximum Gasteiger partial charge on any atom is 0.320 e. The summed E-state index contributed by atoms with van der Waals surface area (Å²) in [4.78, 5) is 11.0. The van der Waals surface area contributed by atoms with Crippen LogP contribution in [0.1, 0.15) is 17.5 Å². The highest BCUT2D eigenvalue weighted by atomic mass is 35.5. The van der Waals surface area contributed by atoms with Gasteiger partial charge in [-0.1, -0.05) is 17.7 Å². The predicted molar refractivity (Wildman–Crippen MR) is 55.1 cm³/mol. The summed E-state index contributed by atoms with van der Waals surface area (Å²) in [5, 5.41) is 9.38. The van der Waals surface area contributed by atoms with Crippen molar-refractivity contribution < 1.29 is 18.7 Å². The molecular weight excluding hydrogens is 238 g/mol. The van der Waals surface area contributed by atoms with Crippen LogP contribution in [0.3, 0.4) is 0 Å². The average molecular weight is 247 g/mol. The molecule has 16 heavy (non-hydrogen) atoms. The SMILES string of the molecule is Cc1cc(Cl)ccc1C1(C(=O)O)CC1(F)F. The number of carboxylic acid groups (broad SMARTS) is 1. The number of hydrogen-bond donors (Lipinski definition) is 1. The minimum atomic E-state index is -3.17. The zero-order chi connectivity index (χ0) is 12.1. The quantitative estimate of drug-likeness (QED) is 0.871. The van der Waals surface area contributed by atoms with Crippen LogP contribution >= 0.6 is 11.6 Å². The summed E-state index contributed by atoms with van der Waals surface area (Å²) in [5.41, 5.74) is -1.43. The molecule has 2 nitrogen and oxygen atoms in total. The van der Waals surface area contributed by atoms with Gasteiger partial charge in [0.15, 0.2) is 5.41 Å². The van der Waals surface area contributed by atoms with Crippen molar-refractivity contribution in [3.05, 3.63) is 34.3 Å². The summed E-state index contributed by atoms with van der Waals surface area (Å²) in [7, 11) is 0. The van der Waals surface area contributed by atoms with Gasteiger partial charge in [0.1, 0.15) is 0 Å². The Morgan fingerprint density at radius 2 is 2.06 bits per heavy atom. The van der Waals surface area contributed by atoms with Gasteiger partial charge < -0.3 is 5.11 Å². The van der Waals surface area contributed by atoms with Crippen LogP contribution in [0.25, 0.3) is 0 Å². The van der Waals surface area contributed by atoms with Crippen molar-refractivity contribution >= 4 is 17.6 Å². The molecule has 1 aromatic rings. The predicted octanol–water partition coefficient (Wildman–Crippen LogP) is 3.01. The van der Waals surface area contributed by atoms with E-state index in [9.17, 15) is 13.6 Å². The van der Waals surface area contributed by atoms with Crippen LogP contribution in [0.5, 0.6) is 0 Å². The second-order valence-electron chi connectivity index (χ2n) is 4.05. The van der Waals surface area contributed by atoms with Crippen molar-refractivity contribution in [1.29, 1.82) is 0 Å². The molecule has 0 amide bonds. The molecule has 5 heteroatoms. The monoisotopic (exact) mass is 246 g/mol. The number of rotatable bonds is 2. The Morgan fingerprint density at radius 3 is 2.44 bits per heavy atom. The molecule has 1 atom stereocenters. The first kappa shape index (κ1) is 11.3. The number of alkyl halides is 2. The van der Waals surface area contributed by atoms with E-state index in [0.29, 0.717) is 10.6 Å². The summed E-state index contributed by atoms with van der Waals surface area (Å²) in [6, 6.07) is 4.30. The van der Waals surface area contributed by atoms with E-state index in [2.05, 4.69) is 0 Å². The number of hydrogen-bond acceptors (Lipinski definition) is 1. The largest absolute Gasteiger partial charge is 0.480 e. The van der Waals surface area contributed by atoms with E-state index in [1.165, 1.54) is 18.2 Å². The van der Waals surface area contributed by atoms with Crippen LogP contribution < -0.4 is 0 Å². The summed E-state index contributed by atoms with van der Waals surface area (Å²) in [6.45, 7) is 1.58. The van der Waals surface area contributed by atoms with Gasteiger partial charge in [-0.2, -0.15) is 0 Å². The van der Waals surface area contributed by atoms with E-state index < -0.39 is 23.7 Å². The molecular formula is C11H9ClF2O2. The standard InChI is InChI=1S/C11H9ClF2O2/c1-6-4-7(12)2-3-8(6)10(9(15)16)5-11(10,13)14/h2-4H,5H2,1H3,(H,15,16). The summed E-state index contributed by atoms with van der Waals surface area (Å²) < 4.78 is 26.5. The molecule has 0 spiro atoms. The van der Waals surface area contributed by atoms with Gasteiger partial charge in [0.2, 0.25) is 0 Å². The number of aryl methyl sites for hydroxylation is 1. The number of carboxylic acids is 1. The fourth-order valence-electron chi connectivity index (χ4n) is 2.03. The molecule has 1 aliphatic carbocycles. The van der Waals surface area contributed by atoms with Gasteiger partial charge in [-0.15, -0.1) is 0 Å². The first-order chi connectivity index (χ1) is 7.31. The summed E-state index contributed by atoms with van der Waals surface area (Å²) in [5.74, 6) is -4.65. The Bertz CT molecular complexity index is 473. The molecule has 1 N–H and O–H groups in total. The fraction of sp³-hybridized carbons (Fsp3) is 0.364. The molecule has 0 aliphatic heterocycles. The molecule has 1 aromatic carbocycles. The minimum Gasteiger partial charge on any atom is -0.480 e. The lowest BCUT2D eigenvalue weighted by atomic mass is 9.91. The maximum atomic E-state index is 13.3. The van der Waals surface area contributed by atoms with Crippen LogP contribution in [0.15, 0.2) is 18.2 Å². The van der Waals surface area contributed by atoms with E-state index >= 15 is 0 Å². The molecule has 1 unspecified atom stereocenters. The Labute approximate surface area is 95.8 Å². The van der Waals surface area contributed by atoms with Gasteiger partial charge in [0, 0.05) is 11.4 Å². The lowest BCUT2D eigenvalue weighted by Gasteiger charge is -2.14. The first-order valence-corrected chi connectivity index (χ1v) is 5.07. The Kier molecular flexibility index (Phi) is 2.24. The molecule has 0 aromatic heterocycles. The topological polar surface area (TPSA) is 37.3 Å². The first-order valence-electron chi connectivity index (χ1n) is 4.69. The second-order valence-corrected chi connectivity index (χ2v) is 4.49. The number of benzene rings is 1. The van der Waals surface area contributed by atoms with Crippen molar-refractivity contribution in [3.8, 4) is 0 Å². The van der Waals surface area contributed by atoms with Crippen LogP contribution in [-0.2, 0) is 10.2 Å². The van der Waals surface area contributed by atoms with Gasteiger partial charge in [0.25, 0.3) is 5.92 Å². The van der Waals surface area contributed by atoms with Crippen LogP contribution in [0, 0.1) is 6.92 Å². The van der Waals surface area contributed by atoms with E-state index in [1.807, 2.05) is 0 Å². The van der Waals surface area contributed by atoms with Crippen LogP contribution in [-0.4, -0.2) is 17.0 Å². The van der Waals surface area contributed by atoms with Crippen LogP contribution in [0.4, 0.5) is 8.78 Å². The molecule has 0 heterocycles. The maximum absolute atomic E-state index is 13.3. The molecule has 0 radical (unpaired) electrons. The van der Waals surface area contributed by atoms with E-state index in [-0.39, 0.29) is 5.56 Å². The summed E-state index contributed by atoms with van der Waals surface area (Å²) in [6.07, 6.45) is -0.641. The summed E-state index contributed by atoms with van der Waals surface area (Å²) >= 11 is 5.70. The Hall–Kier alpha value is -1.16. The van der Waals surface area contributed by atoms with Crippen molar-refractivity contribution in [3.63, 3.8) is 0 Å². The molecule has 0 bridgehead atoms.